The minimum atomic E-state index is -3.66. The molecule has 0 bridgehead atoms. The standard InChI is InChI=1S/C24H29N5O4S/c1-17-6-4-5-13-29(17)34(32,33)21-11-12-22-18(14-21)15-25-24(31)28(22)16-23(30)26-19-7-9-20(10-8-19)27(2)3/h7-12,14-15,17H,4-6,13,16H2,1-3H3,(H,26,30)/t17-/m1/s1. The number of amides is 1. The van der Waals surface area contributed by atoms with Crippen molar-refractivity contribution in [3.63, 3.8) is 0 Å². The van der Waals surface area contributed by atoms with Crippen LogP contribution >= 0.6 is 0 Å². The van der Waals surface area contributed by atoms with Crippen molar-refractivity contribution in [3.8, 4) is 0 Å². The van der Waals surface area contributed by atoms with Crippen molar-refractivity contribution < 1.29 is 13.2 Å². The van der Waals surface area contributed by atoms with Gasteiger partial charge >= 0.3 is 5.69 Å². The number of hydrogen-bond acceptors (Lipinski definition) is 6. The Bertz CT molecular complexity index is 1370. The Morgan fingerprint density at radius 1 is 1.15 bits per heavy atom. The van der Waals surface area contributed by atoms with Gasteiger partial charge in [-0.15, -0.1) is 0 Å². The molecule has 1 atom stereocenters. The molecule has 34 heavy (non-hydrogen) atoms. The third-order valence-corrected chi connectivity index (χ3v) is 8.16. The molecule has 0 radical (unpaired) electrons. The number of hydrogen-bond donors (Lipinski definition) is 1. The molecule has 1 fully saturated rings. The lowest BCUT2D eigenvalue weighted by Crippen LogP contribution is -2.41. The largest absolute Gasteiger partial charge is 0.378 e. The van der Waals surface area contributed by atoms with Crippen LogP contribution in [0.3, 0.4) is 0 Å². The SMILES string of the molecule is C[C@@H]1CCCCN1S(=O)(=O)c1ccc2c(cnc(=O)n2CC(=O)Nc2ccc(N(C)C)cc2)c1. The van der Waals surface area contributed by atoms with Crippen LogP contribution in [0.5, 0.6) is 0 Å². The molecule has 3 aromatic rings. The van der Waals surface area contributed by atoms with Crippen LogP contribution in [-0.2, 0) is 21.4 Å². The first-order valence-electron chi connectivity index (χ1n) is 11.3. The Kier molecular flexibility index (Phi) is 6.72. The summed E-state index contributed by atoms with van der Waals surface area (Å²) in [7, 11) is 0.192. The number of fused-ring (bicyclic) bond motifs is 1. The molecule has 0 aliphatic carbocycles. The van der Waals surface area contributed by atoms with Crippen molar-refractivity contribution in [2.45, 2.75) is 43.7 Å². The number of sulfonamides is 1. The first-order chi connectivity index (χ1) is 16.2. The van der Waals surface area contributed by atoms with Crippen molar-refractivity contribution >= 4 is 38.2 Å². The van der Waals surface area contributed by atoms with Crippen molar-refractivity contribution in [2.75, 3.05) is 30.9 Å². The summed E-state index contributed by atoms with van der Waals surface area (Å²) in [5, 5.41) is 3.26. The maximum absolute atomic E-state index is 13.2. The highest BCUT2D eigenvalue weighted by Crippen LogP contribution is 2.27. The van der Waals surface area contributed by atoms with E-state index < -0.39 is 15.7 Å². The number of benzene rings is 2. The van der Waals surface area contributed by atoms with E-state index in [4.69, 9.17) is 0 Å². The van der Waals surface area contributed by atoms with E-state index in [1.165, 1.54) is 27.2 Å². The van der Waals surface area contributed by atoms with Crippen LogP contribution < -0.4 is 15.9 Å². The molecule has 2 aromatic carbocycles. The second-order valence-corrected chi connectivity index (χ2v) is 10.7. The highest BCUT2D eigenvalue weighted by molar-refractivity contribution is 7.89. The summed E-state index contributed by atoms with van der Waals surface area (Å²) in [6, 6.07) is 11.9. The van der Waals surface area contributed by atoms with E-state index in [2.05, 4.69) is 10.3 Å². The summed E-state index contributed by atoms with van der Waals surface area (Å²) in [5.41, 5.74) is 1.48. The Morgan fingerprint density at radius 3 is 2.56 bits per heavy atom. The van der Waals surface area contributed by atoms with Crippen LogP contribution in [0.4, 0.5) is 11.4 Å². The number of aromatic nitrogens is 2. The molecule has 10 heteroatoms. The van der Waals surface area contributed by atoms with Crippen LogP contribution in [0, 0.1) is 0 Å². The number of piperidine rings is 1. The van der Waals surface area contributed by atoms with E-state index in [1.54, 1.807) is 18.2 Å². The lowest BCUT2D eigenvalue weighted by Gasteiger charge is -2.32. The Morgan fingerprint density at radius 2 is 1.88 bits per heavy atom. The van der Waals surface area contributed by atoms with Crippen LogP contribution in [0.25, 0.3) is 10.9 Å². The first-order valence-corrected chi connectivity index (χ1v) is 12.7. The van der Waals surface area contributed by atoms with Gasteiger partial charge in [-0.05, 0) is 62.2 Å². The summed E-state index contributed by atoms with van der Waals surface area (Å²) in [4.78, 5) is 31.1. The predicted octanol–water partition coefficient (Wildman–Crippen LogP) is 2.66. The van der Waals surface area contributed by atoms with E-state index in [1.807, 2.05) is 38.1 Å². The fourth-order valence-electron chi connectivity index (χ4n) is 4.24. The van der Waals surface area contributed by atoms with Gasteiger partial charge in [0.25, 0.3) is 0 Å². The highest BCUT2D eigenvalue weighted by Gasteiger charge is 2.31. The maximum Gasteiger partial charge on any atom is 0.348 e. The summed E-state index contributed by atoms with van der Waals surface area (Å²) >= 11 is 0. The minimum Gasteiger partial charge on any atom is -0.378 e. The molecule has 0 spiro atoms. The molecule has 1 saturated heterocycles. The molecule has 9 nitrogen and oxygen atoms in total. The molecule has 1 N–H and O–H groups in total. The molecule has 0 saturated carbocycles. The number of nitrogens with one attached hydrogen (secondary N) is 1. The van der Waals surface area contributed by atoms with Crippen LogP contribution in [0.15, 0.2) is 58.4 Å². The van der Waals surface area contributed by atoms with Crippen molar-refractivity contribution in [3.05, 3.63) is 59.1 Å². The molecule has 1 aliphatic heterocycles. The normalized spacial score (nSPS) is 17.0. The van der Waals surface area contributed by atoms with Gasteiger partial charge in [-0.2, -0.15) is 4.31 Å². The summed E-state index contributed by atoms with van der Waals surface area (Å²) in [5.74, 6) is -0.382. The van der Waals surface area contributed by atoms with Gasteiger partial charge < -0.3 is 10.2 Å². The monoisotopic (exact) mass is 483 g/mol. The van der Waals surface area contributed by atoms with E-state index in [0.717, 1.165) is 24.9 Å². The zero-order valence-corrected chi connectivity index (χ0v) is 20.4. The molecule has 0 unspecified atom stereocenters. The van der Waals surface area contributed by atoms with E-state index in [9.17, 15) is 18.0 Å². The van der Waals surface area contributed by atoms with Gasteiger partial charge in [-0.25, -0.2) is 18.2 Å². The number of rotatable bonds is 6. The molecular weight excluding hydrogens is 454 g/mol. The van der Waals surface area contributed by atoms with Gasteiger partial charge in [0.2, 0.25) is 15.9 Å². The van der Waals surface area contributed by atoms with Crippen molar-refractivity contribution in [1.29, 1.82) is 0 Å². The van der Waals surface area contributed by atoms with Gasteiger partial charge in [0.05, 0.1) is 10.4 Å². The van der Waals surface area contributed by atoms with Crippen LogP contribution in [0.2, 0.25) is 0 Å². The fourth-order valence-corrected chi connectivity index (χ4v) is 5.98. The Labute approximate surface area is 199 Å². The molecular formula is C24H29N5O4S. The van der Waals surface area contributed by atoms with Gasteiger partial charge in [0.15, 0.2) is 0 Å². The molecule has 1 aromatic heterocycles. The average Bonchev–Trinajstić information content (AvgIpc) is 2.81. The summed E-state index contributed by atoms with van der Waals surface area (Å²) in [6.45, 7) is 2.17. The van der Waals surface area contributed by atoms with Crippen LogP contribution in [-0.4, -0.2) is 54.9 Å². The maximum atomic E-state index is 13.2. The predicted molar refractivity (Wildman–Crippen MR) is 133 cm³/mol. The zero-order chi connectivity index (χ0) is 24.5. The van der Waals surface area contributed by atoms with E-state index in [0.29, 0.717) is 23.1 Å². The second kappa shape index (κ2) is 9.55. The minimum absolute atomic E-state index is 0.0583. The number of carbonyl (C=O) groups excluding carboxylic acids is 1. The second-order valence-electron chi connectivity index (χ2n) is 8.80. The average molecular weight is 484 g/mol. The third-order valence-electron chi connectivity index (χ3n) is 6.15. The van der Waals surface area contributed by atoms with Gasteiger partial charge in [0.1, 0.15) is 6.54 Å². The lowest BCUT2D eigenvalue weighted by molar-refractivity contribution is -0.116. The van der Waals surface area contributed by atoms with Gasteiger partial charge in [-0.3, -0.25) is 9.36 Å². The molecule has 2 heterocycles. The summed E-state index contributed by atoms with van der Waals surface area (Å²) < 4.78 is 29.2. The summed E-state index contributed by atoms with van der Waals surface area (Å²) in [6.07, 6.45) is 4.04. The van der Waals surface area contributed by atoms with Crippen molar-refractivity contribution in [2.24, 2.45) is 0 Å². The quantitative estimate of drug-likeness (QED) is 0.578. The third kappa shape index (κ3) is 4.83. The van der Waals surface area contributed by atoms with Crippen LogP contribution in [0.1, 0.15) is 26.2 Å². The smallest absolute Gasteiger partial charge is 0.348 e. The molecule has 4 rings (SSSR count). The Hall–Kier alpha value is -3.24. The molecule has 1 aliphatic rings. The number of carbonyl (C=O) groups is 1. The van der Waals surface area contributed by atoms with Gasteiger partial charge in [-0.1, -0.05) is 6.42 Å². The zero-order valence-electron chi connectivity index (χ0n) is 19.6. The van der Waals surface area contributed by atoms with E-state index >= 15 is 0 Å². The Balaban J connectivity index is 1.59. The fraction of sp³-hybridized carbons (Fsp3) is 0.375. The van der Waals surface area contributed by atoms with E-state index in [-0.39, 0.29) is 23.4 Å². The first kappa shape index (κ1) is 23.9. The highest BCUT2D eigenvalue weighted by atomic mass is 32.2. The molecule has 180 valence electrons. The number of nitrogens with zero attached hydrogens (tertiary/aromatic N) is 4. The van der Waals surface area contributed by atoms with Gasteiger partial charge in [0, 0.05) is 49.6 Å². The lowest BCUT2D eigenvalue weighted by atomic mass is 10.1. The number of anilines is 2. The molecule has 1 amide bonds. The topological polar surface area (TPSA) is 105 Å². The van der Waals surface area contributed by atoms with Crippen molar-refractivity contribution in [1.82, 2.24) is 13.9 Å².